The molecule has 2 heterocycles. The second-order valence-electron chi connectivity index (χ2n) is 20.6. The number of fused-ring (bicyclic) bond motifs is 7. The van der Waals surface area contributed by atoms with Gasteiger partial charge >= 0.3 is 17.9 Å². The third kappa shape index (κ3) is 6.25. The number of carbonyl (C=O) groups is 4. The van der Waals surface area contributed by atoms with Crippen LogP contribution in [0.2, 0.25) is 0 Å². The first-order valence-electron chi connectivity index (χ1n) is 20.7. The average molecular weight is 823 g/mol. The largest absolute Gasteiger partial charge is 0.481 e. The number of carbonyl (C=O) groups excluding carboxylic acids is 1. The summed E-state index contributed by atoms with van der Waals surface area (Å²) in [5, 5.41) is 83.0. The van der Waals surface area contributed by atoms with Crippen molar-refractivity contribution in [2.24, 2.45) is 50.2 Å². The highest BCUT2D eigenvalue weighted by molar-refractivity contribution is 5.95. The summed E-state index contributed by atoms with van der Waals surface area (Å²) in [5.74, 6) is -4.47. The van der Waals surface area contributed by atoms with Crippen molar-refractivity contribution < 1.29 is 79.0 Å². The van der Waals surface area contributed by atoms with E-state index in [9.17, 15) is 60.0 Å². The number of hydrogen-bond donors (Lipinski definition) is 8. The quantitative estimate of drug-likeness (QED) is 0.171. The van der Waals surface area contributed by atoms with E-state index in [1.54, 1.807) is 0 Å². The highest BCUT2D eigenvalue weighted by Crippen LogP contribution is 2.75. The lowest BCUT2D eigenvalue weighted by atomic mass is 9.33. The number of aliphatic carboxylic acids is 3. The van der Waals surface area contributed by atoms with Gasteiger partial charge in [0.25, 0.3) is 0 Å². The van der Waals surface area contributed by atoms with Crippen LogP contribution >= 0.6 is 0 Å². The maximum absolute atomic E-state index is 14.8. The third-order valence-electron chi connectivity index (χ3n) is 17.2. The van der Waals surface area contributed by atoms with Crippen LogP contribution in [0.5, 0.6) is 0 Å². The molecule has 7 aliphatic rings. The number of allylic oxidation sites excluding steroid dienone is 2. The van der Waals surface area contributed by atoms with E-state index in [0.717, 1.165) is 37.7 Å². The molecule has 0 amide bonds. The SMILES string of the molecule is CC1(C)[C@@H](O[C@H]2O[C@H](C(=O)O)[C@@H](O)[C@H](O)[C@H]2O[C@@H]2O[C@@H](C(=O)O)[C@@H](O)[C@H](O)[C@@H]2O)CC[C@]2(C)[C@H]3C(=O)C=C4[C@@H]5C[C@@](C)(C(=O)O)CC[C@]5(C)CC[C@@]4(C)[C@]3(C)CC[C@@H]12. The number of rotatable bonds is 7. The summed E-state index contributed by atoms with van der Waals surface area (Å²) >= 11 is 0. The molecule has 326 valence electrons. The van der Waals surface area contributed by atoms with Crippen molar-refractivity contribution in [1.29, 1.82) is 0 Å². The minimum Gasteiger partial charge on any atom is -0.481 e. The number of aliphatic hydroxyl groups is 5. The zero-order valence-corrected chi connectivity index (χ0v) is 34.4. The number of carboxylic acids is 3. The van der Waals surface area contributed by atoms with Gasteiger partial charge in [0.2, 0.25) is 0 Å². The highest BCUT2D eigenvalue weighted by atomic mass is 16.8. The van der Waals surface area contributed by atoms with Crippen LogP contribution in [0.1, 0.15) is 106 Å². The molecule has 0 aromatic heterocycles. The van der Waals surface area contributed by atoms with Gasteiger partial charge in [-0.25, -0.2) is 9.59 Å². The summed E-state index contributed by atoms with van der Waals surface area (Å²) < 4.78 is 23.4. The average Bonchev–Trinajstić information content (AvgIpc) is 3.13. The molecular formula is C42H62O16. The molecule has 0 aromatic carbocycles. The standard InChI is InChI=1S/C42H62O16/c1-37(2)21-8-11-42(7)31(20(43)16-18-19-17-39(4,36(53)54)13-12-38(19,3)14-15-41(18,42)6)40(21,5)10-9-22(37)55-35-30(26(47)25(46)29(57-35)33(51)52)58-34-27(48)23(44)24(45)28(56-34)32(49)50/h16,19,21-31,34-35,44-48H,8-15,17H2,1-7H3,(H,49,50)(H,51,52)(H,53,54)/t19-,21-,22-,23-,24-,25-,26-,27-,28+,29-,30+,31+,34-,35-,38+,39-,40-,41+,42+/m0/s1. The Hall–Kier alpha value is -2.54. The molecule has 6 fully saturated rings. The maximum atomic E-state index is 14.8. The Labute approximate surface area is 337 Å². The van der Waals surface area contributed by atoms with Crippen molar-refractivity contribution in [1.82, 2.24) is 0 Å². The first-order chi connectivity index (χ1) is 26.8. The molecule has 0 aromatic rings. The van der Waals surface area contributed by atoms with E-state index in [-0.39, 0.29) is 34.4 Å². The van der Waals surface area contributed by atoms with Crippen molar-refractivity contribution >= 4 is 23.7 Å². The topological polar surface area (TPSA) is 267 Å². The molecule has 0 unspecified atom stereocenters. The molecule has 8 N–H and O–H groups in total. The predicted molar refractivity (Wildman–Crippen MR) is 199 cm³/mol. The fourth-order valence-electron chi connectivity index (χ4n) is 13.4. The monoisotopic (exact) mass is 822 g/mol. The Balaban J connectivity index is 1.17. The van der Waals surface area contributed by atoms with Crippen molar-refractivity contribution in [3.63, 3.8) is 0 Å². The smallest absolute Gasteiger partial charge is 0.335 e. The molecule has 2 saturated heterocycles. The van der Waals surface area contributed by atoms with Crippen molar-refractivity contribution in [3.05, 3.63) is 11.6 Å². The second kappa shape index (κ2) is 14.3. The van der Waals surface area contributed by atoms with Crippen LogP contribution in [0.3, 0.4) is 0 Å². The predicted octanol–water partition coefficient (Wildman–Crippen LogP) is 2.25. The zero-order chi connectivity index (χ0) is 42.9. The molecule has 58 heavy (non-hydrogen) atoms. The van der Waals surface area contributed by atoms with Crippen molar-refractivity contribution in [2.75, 3.05) is 0 Å². The van der Waals surface area contributed by atoms with Gasteiger partial charge in [0.15, 0.2) is 30.6 Å². The first-order valence-corrected chi connectivity index (χ1v) is 20.7. The van der Waals surface area contributed by atoms with E-state index in [0.29, 0.717) is 25.7 Å². The Kier molecular flexibility index (Phi) is 10.7. The summed E-state index contributed by atoms with van der Waals surface area (Å²) in [6, 6.07) is 0. The van der Waals surface area contributed by atoms with Crippen LogP contribution in [0.4, 0.5) is 0 Å². The lowest BCUT2D eigenvalue weighted by Gasteiger charge is -2.70. The minimum absolute atomic E-state index is 0.0217. The van der Waals surface area contributed by atoms with Crippen LogP contribution in [-0.2, 0) is 38.1 Å². The van der Waals surface area contributed by atoms with Gasteiger partial charge in [-0.2, -0.15) is 0 Å². The fraction of sp³-hybridized carbons (Fsp3) is 0.857. The maximum Gasteiger partial charge on any atom is 0.335 e. The Morgan fingerprint density at radius 3 is 1.88 bits per heavy atom. The lowest BCUT2D eigenvalue weighted by molar-refractivity contribution is -0.371. The van der Waals surface area contributed by atoms with E-state index < -0.39 is 107 Å². The highest BCUT2D eigenvalue weighted by Gasteiger charge is 2.71. The molecule has 7 rings (SSSR count). The number of carboxylic acid groups (broad SMARTS) is 3. The summed E-state index contributed by atoms with van der Waals surface area (Å²) in [5.41, 5.74) is -1.81. The summed E-state index contributed by atoms with van der Waals surface area (Å²) in [6.45, 7) is 14.8. The van der Waals surface area contributed by atoms with Gasteiger partial charge in [-0.3, -0.25) is 9.59 Å². The number of ether oxygens (including phenoxy) is 4. The normalized spacial score (nSPS) is 52.6. The van der Waals surface area contributed by atoms with Crippen LogP contribution in [0.25, 0.3) is 0 Å². The first kappa shape index (κ1) is 43.5. The van der Waals surface area contributed by atoms with Gasteiger partial charge in [-0.05, 0) is 110 Å². The van der Waals surface area contributed by atoms with Gasteiger partial charge in [0.05, 0.1) is 11.5 Å². The van der Waals surface area contributed by atoms with E-state index in [1.165, 1.54) is 0 Å². The van der Waals surface area contributed by atoms with E-state index in [2.05, 4.69) is 27.7 Å². The van der Waals surface area contributed by atoms with Crippen LogP contribution in [0.15, 0.2) is 11.6 Å². The summed E-state index contributed by atoms with van der Waals surface area (Å²) in [7, 11) is 0. The molecule has 0 spiro atoms. The minimum atomic E-state index is -2.05. The third-order valence-corrected chi connectivity index (χ3v) is 17.2. The molecular weight excluding hydrogens is 760 g/mol. The van der Waals surface area contributed by atoms with Gasteiger partial charge in [0, 0.05) is 5.92 Å². The Morgan fingerprint density at radius 2 is 1.28 bits per heavy atom. The lowest BCUT2D eigenvalue weighted by Crippen LogP contribution is -2.68. The molecule has 0 radical (unpaired) electrons. The van der Waals surface area contributed by atoms with Crippen LogP contribution < -0.4 is 0 Å². The zero-order valence-electron chi connectivity index (χ0n) is 34.4. The molecule has 0 bridgehead atoms. The van der Waals surface area contributed by atoms with E-state index in [1.807, 2.05) is 26.8 Å². The Bertz CT molecular complexity index is 1730. The van der Waals surface area contributed by atoms with Gasteiger partial charge in [0.1, 0.15) is 36.6 Å². The number of ketones is 1. The molecule has 2 aliphatic heterocycles. The molecule has 4 saturated carbocycles. The second-order valence-corrected chi connectivity index (χ2v) is 20.6. The molecule has 5 aliphatic carbocycles. The van der Waals surface area contributed by atoms with Crippen molar-refractivity contribution in [2.45, 2.75) is 174 Å². The van der Waals surface area contributed by atoms with Crippen LogP contribution in [-0.4, -0.2) is 132 Å². The molecule has 19 atom stereocenters. The van der Waals surface area contributed by atoms with Gasteiger partial charge in [-0.15, -0.1) is 0 Å². The molecule has 16 heteroatoms. The van der Waals surface area contributed by atoms with Gasteiger partial charge in [-0.1, -0.05) is 47.1 Å². The molecule has 16 nitrogen and oxygen atoms in total. The number of hydrogen-bond acceptors (Lipinski definition) is 13. The van der Waals surface area contributed by atoms with E-state index >= 15 is 0 Å². The number of aliphatic hydroxyl groups excluding tert-OH is 5. The van der Waals surface area contributed by atoms with Crippen LogP contribution in [0, 0.1) is 50.2 Å². The van der Waals surface area contributed by atoms with Crippen molar-refractivity contribution in [3.8, 4) is 0 Å². The Morgan fingerprint density at radius 1 is 0.690 bits per heavy atom. The van der Waals surface area contributed by atoms with Gasteiger partial charge < -0.3 is 59.8 Å². The fourth-order valence-corrected chi connectivity index (χ4v) is 13.4. The summed E-state index contributed by atoms with van der Waals surface area (Å²) in [4.78, 5) is 51.3. The van der Waals surface area contributed by atoms with E-state index in [4.69, 9.17) is 18.9 Å². The summed E-state index contributed by atoms with van der Waals surface area (Å²) in [6.07, 6.45) is -12.2.